The normalized spacial score (nSPS) is 32.8. The minimum atomic E-state index is 0.742. The molecule has 1 aromatic rings. The average Bonchev–Trinajstić information content (AvgIpc) is 2.39. The first-order chi connectivity index (χ1) is 9.65. The summed E-state index contributed by atoms with van der Waals surface area (Å²) in [6.45, 7) is 8.39. The number of hydrogen-bond acceptors (Lipinski definition) is 1. The molecule has 4 unspecified atom stereocenters. The van der Waals surface area contributed by atoms with Crippen LogP contribution < -0.4 is 5.32 Å². The first-order valence-corrected chi connectivity index (χ1v) is 8.46. The van der Waals surface area contributed by atoms with Gasteiger partial charge < -0.3 is 5.32 Å². The van der Waals surface area contributed by atoms with Gasteiger partial charge in [-0.05, 0) is 48.1 Å². The van der Waals surface area contributed by atoms with Crippen LogP contribution in [0, 0.1) is 17.8 Å². The van der Waals surface area contributed by atoms with Crippen molar-refractivity contribution in [3.8, 4) is 0 Å². The van der Waals surface area contributed by atoms with Crippen LogP contribution in [0.15, 0.2) is 24.3 Å². The Kier molecular flexibility index (Phi) is 4.16. The van der Waals surface area contributed by atoms with E-state index < -0.39 is 0 Å². The van der Waals surface area contributed by atoms with E-state index in [2.05, 4.69) is 50.4 Å². The highest BCUT2D eigenvalue weighted by molar-refractivity contribution is 5.40. The third-order valence-corrected chi connectivity index (χ3v) is 5.61. The summed E-state index contributed by atoms with van der Waals surface area (Å²) in [4.78, 5) is 0. The van der Waals surface area contributed by atoms with Crippen LogP contribution in [0.25, 0.3) is 0 Å². The summed E-state index contributed by atoms with van der Waals surface area (Å²) >= 11 is 0. The fraction of sp³-hybridized carbons (Fsp3) is 0.684. The van der Waals surface area contributed by atoms with Crippen LogP contribution in [0.3, 0.4) is 0 Å². The van der Waals surface area contributed by atoms with E-state index in [-0.39, 0.29) is 0 Å². The van der Waals surface area contributed by atoms with Gasteiger partial charge in [0.05, 0.1) is 0 Å². The predicted molar refractivity (Wildman–Crippen MR) is 86.0 cm³/mol. The molecule has 0 saturated heterocycles. The van der Waals surface area contributed by atoms with E-state index in [0.717, 1.165) is 29.7 Å². The molecule has 4 atom stereocenters. The lowest BCUT2D eigenvalue weighted by Gasteiger charge is -2.40. The highest BCUT2D eigenvalue weighted by Crippen LogP contribution is 2.36. The zero-order valence-corrected chi connectivity index (χ0v) is 13.2. The zero-order valence-electron chi connectivity index (χ0n) is 13.2. The Hall–Kier alpha value is -0.820. The van der Waals surface area contributed by atoms with Gasteiger partial charge in [-0.15, -0.1) is 0 Å². The number of fused-ring (bicyclic) bond motifs is 1. The first kappa shape index (κ1) is 14.1. The van der Waals surface area contributed by atoms with Crippen LogP contribution in [0.4, 0.5) is 0 Å². The summed E-state index contributed by atoms with van der Waals surface area (Å²) < 4.78 is 0. The van der Waals surface area contributed by atoms with Crippen molar-refractivity contribution in [1.29, 1.82) is 0 Å². The van der Waals surface area contributed by atoms with E-state index in [1.807, 2.05) is 0 Å². The molecule has 0 heterocycles. The van der Waals surface area contributed by atoms with E-state index in [1.54, 1.807) is 11.1 Å². The van der Waals surface area contributed by atoms with Crippen molar-refractivity contribution in [2.24, 2.45) is 17.8 Å². The van der Waals surface area contributed by atoms with Gasteiger partial charge in [0.25, 0.3) is 0 Å². The number of hydrogen-bond donors (Lipinski definition) is 1. The first-order valence-electron chi connectivity index (χ1n) is 8.46. The van der Waals surface area contributed by atoms with Crippen molar-refractivity contribution in [3.63, 3.8) is 0 Å². The summed E-state index contributed by atoms with van der Waals surface area (Å²) in [5.74, 6) is 3.35. The molecule has 2 aliphatic carbocycles. The van der Waals surface area contributed by atoms with Crippen LogP contribution in [0.5, 0.6) is 0 Å². The molecule has 1 fully saturated rings. The standard InChI is InChI=1S/C19H29N/c1-13(2)17-9-8-14(3)10-19(17)20-12-16-11-15-6-4-5-7-18(15)16/h4-7,13-14,16-17,19-20H,8-12H2,1-3H3. The Balaban J connectivity index is 1.57. The molecule has 110 valence electrons. The summed E-state index contributed by atoms with van der Waals surface area (Å²) in [5, 5.41) is 3.93. The highest BCUT2D eigenvalue weighted by Gasteiger charge is 2.32. The van der Waals surface area contributed by atoms with Crippen LogP contribution in [0.1, 0.15) is 57.1 Å². The molecule has 0 amide bonds. The third kappa shape index (κ3) is 2.79. The van der Waals surface area contributed by atoms with Crippen LogP contribution in [0.2, 0.25) is 0 Å². The lowest BCUT2D eigenvalue weighted by Crippen LogP contribution is -2.45. The lowest BCUT2D eigenvalue weighted by molar-refractivity contribution is 0.168. The Labute approximate surface area is 124 Å². The van der Waals surface area contributed by atoms with Gasteiger partial charge in [-0.3, -0.25) is 0 Å². The molecule has 1 heteroatoms. The second kappa shape index (κ2) is 5.89. The molecule has 1 saturated carbocycles. The molecule has 1 aromatic carbocycles. The second-order valence-electron chi connectivity index (χ2n) is 7.44. The minimum Gasteiger partial charge on any atom is -0.313 e. The zero-order chi connectivity index (χ0) is 14.1. The van der Waals surface area contributed by atoms with Gasteiger partial charge in [-0.1, -0.05) is 51.5 Å². The second-order valence-corrected chi connectivity index (χ2v) is 7.44. The van der Waals surface area contributed by atoms with E-state index in [0.29, 0.717) is 0 Å². The molecule has 0 aliphatic heterocycles. The molecule has 3 rings (SSSR count). The van der Waals surface area contributed by atoms with Crippen molar-refractivity contribution < 1.29 is 0 Å². The van der Waals surface area contributed by atoms with E-state index in [9.17, 15) is 0 Å². The van der Waals surface area contributed by atoms with Crippen LogP contribution in [-0.2, 0) is 6.42 Å². The monoisotopic (exact) mass is 271 g/mol. The quantitative estimate of drug-likeness (QED) is 0.857. The highest BCUT2D eigenvalue weighted by atomic mass is 14.9. The molecular formula is C19H29N. The van der Waals surface area contributed by atoms with Crippen LogP contribution in [-0.4, -0.2) is 12.6 Å². The molecule has 0 aromatic heterocycles. The maximum atomic E-state index is 3.93. The fourth-order valence-electron chi connectivity index (χ4n) is 4.28. The third-order valence-electron chi connectivity index (χ3n) is 5.61. The van der Waals surface area contributed by atoms with Crippen molar-refractivity contribution in [2.75, 3.05) is 6.54 Å². The summed E-state index contributed by atoms with van der Waals surface area (Å²) in [7, 11) is 0. The number of rotatable bonds is 4. The Bertz CT molecular complexity index is 451. The van der Waals surface area contributed by atoms with Crippen molar-refractivity contribution >= 4 is 0 Å². The summed E-state index contributed by atoms with van der Waals surface area (Å²) in [6, 6.07) is 9.69. The van der Waals surface area contributed by atoms with Crippen molar-refractivity contribution in [3.05, 3.63) is 35.4 Å². The number of benzene rings is 1. The molecule has 2 aliphatic rings. The molecule has 1 N–H and O–H groups in total. The van der Waals surface area contributed by atoms with Gasteiger partial charge in [0.15, 0.2) is 0 Å². The maximum absolute atomic E-state index is 3.93. The van der Waals surface area contributed by atoms with Gasteiger partial charge in [-0.25, -0.2) is 0 Å². The van der Waals surface area contributed by atoms with Gasteiger partial charge in [0.2, 0.25) is 0 Å². The van der Waals surface area contributed by atoms with E-state index in [4.69, 9.17) is 0 Å². The fourth-order valence-corrected chi connectivity index (χ4v) is 4.28. The molecule has 1 nitrogen and oxygen atoms in total. The maximum Gasteiger partial charge on any atom is 0.0101 e. The predicted octanol–water partition coefficient (Wildman–Crippen LogP) is 4.38. The summed E-state index contributed by atoms with van der Waals surface area (Å²) in [6.07, 6.45) is 5.49. The van der Waals surface area contributed by atoms with Gasteiger partial charge >= 0.3 is 0 Å². The van der Waals surface area contributed by atoms with Gasteiger partial charge in [0, 0.05) is 18.5 Å². The van der Waals surface area contributed by atoms with Crippen molar-refractivity contribution in [2.45, 2.75) is 58.4 Å². The number of nitrogens with one attached hydrogen (secondary N) is 1. The molecule has 20 heavy (non-hydrogen) atoms. The smallest absolute Gasteiger partial charge is 0.0101 e. The van der Waals surface area contributed by atoms with Crippen LogP contribution >= 0.6 is 0 Å². The van der Waals surface area contributed by atoms with E-state index in [1.165, 1.54) is 32.2 Å². The molecule has 0 spiro atoms. The Morgan fingerprint density at radius 3 is 2.75 bits per heavy atom. The topological polar surface area (TPSA) is 12.0 Å². The molecular weight excluding hydrogens is 242 g/mol. The van der Waals surface area contributed by atoms with Crippen molar-refractivity contribution in [1.82, 2.24) is 5.32 Å². The molecule has 0 radical (unpaired) electrons. The van der Waals surface area contributed by atoms with Gasteiger partial charge in [-0.2, -0.15) is 0 Å². The lowest BCUT2D eigenvalue weighted by atomic mass is 9.73. The minimum absolute atomic E-state index is 0.742. The Morgan fingerprint density at radius 1 is 1.20 bits per heavy atom. The van der Waals surface area contributed by atoms with E-state index >= 15 is 0 Å². The summed E-state index contributed by atoms with van der Waals surface area (Å²) in [5.41, 5.74) is 3.15. The SMILES string of the molecule is CC1CCC(C(C)C)C(NCC2Cc3ccccc32)C1. The molecule has 0 bridgehead atoms. The largest absolute Gasteiger partial charge is 0.313 e. The average molecular weight is 271 g/mol. The van der Waals surface area contributed by atoms with Gasteiger partial charge in [0.1, 0.15) is 0 Å². The Morgan fingerprint density at radius 2 is 2.00 bits per heavy atom.